The SMILES string of the molecule is O=C(c1ccccc1Cl)N(Cc1ccc2c(c1)OCO2)Cc1nc2ccccc2c(=O)[nH]1. The van der Waals surface area contributed by atoms with Crippen LogP contribution in [0.25, 0.3) is 10.9 Å². The molecular weight excluding hydrogens is 430 g/mol. The van der Waals surface area contributed by atoms with Crippen molar-refractivity contribution in [3.8, 4) is 11.5 Å². The lowest BCUT2D eigenvalue weighted by Gasteiger charge is -2.23. The second kappa shape index (κ2) is 8.36. The van der Waals surface area contributed by atoms with Gasteiger partial charge in [-0.15, -0.1) is 0 Å². The third-order valence-electron chi connectivity index (χ3n) is 5.20. The molecule has 1 aliphatic heterocycles. The quantitative estimate of drug-likeness (QED) is 0.497. The van der Waals surface area contributed by atoms with Crippen LogP contribution < -0.4 is 15.0 Å². The number of aromatic nitrogens is 2. The number of amides is 1. The van der Waals surface area contributed by atoms with E-state index in [2.05, 4.69) is 9.97 Å². The van der Waals surface area contributed by atoms with Gasteiger partial charge in [0.2, 0.25) is 6.79 Å². The van der Waals surface area contributed by atoms with E-state index in [1.165, 1.54) is 0 Å². The third-order valence-corrected chi connectivity index (χ3v) is 5.53. The van der Waals surface area contributed by atoms with Crippen LogP contribution >= 0.6 is 11.6 Å². The van der Waals surface area contributed by atoms with E-state index in [1.54, 1.807) is 47.4 Å². The van der Waals surface area contributed by atoms with Crippen molar-refractivity contribution in [2.75, 3.05) is 6.79 Å². The van der Waals surface area contributed by atoms with Crippen molar-refractivity contribution in [3.63, 3.8) is 0 Å². The Balaban J connectivity index is 1.51. The lowest BCUT2D eigenvalue weighted by Crippen LogP contribution is -2.32. The number of hydrogen-bond acceptors (Lipinski definition) is 5. The van der Waals surface area contributed by atoms with Crippen molar-refractivity contribution < 1.29 is 14.3 Å². The van der Waals surface area contributed by atoms with Crippen molar-refractivity contribution in [1.29, 1.82) is 0 Å². The number of nitrogens with one attached hydrogen (secondary N) is 1. The molecule has 1 amide bonds. The largest absolute Gasteiger partial charge is 0.454 e. The molecule has 7 nitrogen and oxygen atoms in total. The summed E-state index contributed by atoms with van der Waals surface area (Å²) >= 11 is 6.29. The molecule has 1 aliphatic rings. The molecule has 0 aliphatic carbocycles. The maximum absolute atomic E-state index is 13.4. The van der Waals surface area contributed by atoms with E-state index in [1.807, 2.05) is 24.3 Å². The van der Waals surface area contributed by atoms with Crippen LogP contribution in [0, 0.1) is 0 Å². The monoisotopic (exact) mass is 447 g/mol. The highest BCUT2D eigenvalue weighted by molar-refractivity contribution is 6.33. The van der Waals surface area contributed by atoms with E-state index in [0.717, 1.165) is 5.56 Å². The molecule has 1 N–H and O–H groups in total. The summed E-state index contributed by atoms with van der Waals surface area (Å²) in [6.07, 6.45) is 0. The van der Waals surface area contributed by atoms with Gasteiger partial charge in [-0.1, -0.05) is 41.9 Å². The summed E-state index contributed by atoms with van der Waals surface area (Å²) in [6, 6.07) is 19.5. The van der Waals surface area contributed by atoms with Crippen LogP contribution in [0.1, 0.15) is 21.7 Å². The number of carbonyl (C=O) groups excluding carboxylic acids is 1. The number of aromatic amines is 1. The van der Waals surface area contributed by atoms with Gasteiger partial charge >= 0.3 is 0 Å². The van der Waals surface area contributed by atoms with Crippen LogP contribution in [0.3, 0.4) is 0 Å². The van der Waals surface area contributed by atoms with Crippen LogP contribution in [-0.2, 0) is 13.1 Å². The van der Waals surface area contributed by atoms with Gasteiger partial charge in [0.25, 0.3) is 11.5 Å². The molecule has 0 spiro atoms. The summed E-state index contributed by atoms with van der Waals surface area (Å²) in [5, 5.41) is 0.851. The molecule has 0 bridgehead atoms. The zero-order valence-electron chi connectivity index (χ0n) is 16.9. The predicted molar refractivity (Wildman–Crippen MR) is 120 cm³/mol. The van der Waals surface area contributed by atoms with Gasteiger partial charge in [0.1, 0.15) is 5.82 Å². The Kier molecular flexibility index (Phi) is 5.25. The van der Waals surface area contributed by atoms with E-state index in [-0.39, 0.29) is 31.3 Å². The van der Waals surface area contributed by atoms with E-state index in [4.69, 9.17) is 21.1 Å². The molecule has 0 fully saturated rings. The molecule has 8 heteroatoms. The molecule has 0 atom stereocenters. The minimum Gasteiger partial charge on any atom is -0.454 e. The first-order chi connectivity index (χ1) is 15.6. The van der Waals surface area contributed by atoms with Gasteiger partial charge in [-0.2, -0.15) is 0 Å². The van der Waals surface area contributed by atoms with Gasteiger partial charge < -0.3 is 19.4 Å². The lowest BCUT2D eigenvalue weighted by molar-refractivity contribution is 0.0725. The molecule has 5 rings (SSSR count). The van der Waals surface area contributed by atoms with E-state index >= 15 is 0 Å². The number of nitrogens with zero attached hydrogens (tertiary/aromatic N) is 2. The van der Waals surface area contributed by atoms with E-state index in [0.29, 0.717) is 38.8 Å². The molecule has 2 heterocycles. The number of benzene rings is 3. The van der Waals surface area contributed by atoms with Crippen LogP contribution in [0.15, 0.2) is 71.5 Å². The minimum absolute atomic E-state index is 0.0958. The minimum atomic E-state index is -0.274. The molecule has 0 saturated heterocycles. The molecule has 4 aromatic rings. The summed E-state index contributed by atoms with van der Waals surface area (Å²) in [7, 11) is 0. The van der Waals surface area contributed by atoms with E-state index in [9.17, 15) is 9.59 Å². The molecule has 1 aromatic heterocycles. The van der Waals surface area contributed by atoms with Crippen LogP contribution in [0.4, 0.5) is 0 Å². The smallest absolute Gasteiger partial charge is 0.258 e. The van der Waals surface area contributed by atoms with Crippen LogP contribution in [0.2, 0.25) is 5.02 Å². The number of hydrogen-bond donors (Lipinski definition) is 1. The zero-order chi connectivity index (χ0) is 22.1. The maximum atomic E-state index is 13.4. The summed E-state index contributed by atoms with van der Waals surface area (Å²) < 4.78 is 10.8. The fraction of sp³-hybridized carbons (Fsp3) is 0.125. The molecule has 0 unspecified atom stereocenters. The molecule has 0 radical (unpaired) electrons. The van der Waals surface area contributed by atoms with Gasteiger partial charge in [0, 0.05) is 6.54 Å². The zero-order valence-corrected chi connectivity index (χ0v) is 17.6. The summed E-state index contributed by atoms with van der Waals surface area (Å²) in [5.41, 5.74) is 1.54. The number of halogens is 1. The van der Waals surface area contributed by atoms with Crippen molar-refractivity contribution in [2.45, 2.75) is 13.1 Å². The van der Waals surface area contributed by atoms with Crippen molar-refractivity contribution >= 4 is 28.4 Å². The van der Waals surface area contributed by atoms with Gasteiger partial charge in [-0.25, -0.2) is 4.98 Å². The normalized spacial score (nSPS) is 12.2. The van der Waals surface area contributed by atoms with Crippen LogP contribution in [-0.4, -0.2) is 27.6 Å². The Morgan fingerprint density at radius 2 is 1.78 bits per heavy atom. The molecule has 160 valence electrons. The average molecular weight is 448 g/mol. The highest BCUT2D eigenvalue weighted by Gasteiger charge is 2.22. The first kappa shape index (κ1) is 20.1. The predicted octanol–water partition coefficient (Wildman–Crippen LogP) is 4.15. The van der Waals surface area contributed by atoms with Crippen molar-refractivity contribution in [1.82, 2.24) is 14.9 Å². The molecule has 3 aromatic carbocycles. The topological polar surface area (TPSA) is 84.5 Å². The third kappa shape index (κ3) is 3.90. The number of para-hydroxylation sites is 1. The molecule has 0 saturated carbocycles. The summed E-state index contributed by atoms with van der Waals surface area (Å²) in [6.45, 7) is 0.527. The fourth-order valence-corrected chi connectivity index (χ4v) is 3.87. The maximum Gasteiger partial charge on any atom is 0.258 e. The first-order valence-electron chi connectivity index (χ1n) is 9.99. The fourth-order valence-electron chi connectivity index (χ4n) is 3.65. The van der Waals surface area contributed by atoms with Gasteiger partial charge in [-0.05, 0) is 42.0 Å². The van der Waals surface area contributed by atoms with Crippen molar-refractivity contribution in [2.24, 2.45) is 0 Å². The molecular formula is C24H18ClN3O4. The number of rotatable bonds is 5. The average Bonchev–Trinajstić information content (AvgIpc) is 3.26. The Labute approximate surface area is 188 Å². The number of ether oxygens (including phenoxy) is 2. The Hall–Kier alpha value is -3.84. The Morgan fingerprint density at radius 1 is 1.00 bits per heavy atom. The Morgan fingerprint density at radius 3 is 2.66 bits per heavy atom. The number of fused-ring (bicyclic) bond motifs is 2. The standard InChI is InChI=1S/C24H18ClN3O4/c25-18-7-3-1-5-16(18)24(30)28(12-15-9-10-20-21(11-15)32-14-31-20)13-22-26-19-8-4-2-6-17(19)23(29)27-22/h1-11H,12-14H2,(H,26,27,29). The van der Waals surface area contributed by atoms with Crippen LogP contribution in [0.5, 0.6) is 11.5 Å². The highest BCUT2D eigenvalue weighted by Crippen LogP contribution is 2.33. The molecule has 32 heavy (non-hydrogen) atoms. The number of carbonyl (C=O) groups is 1. The highest BCUT2D eigenvalue weighted by atomic mass is 35.5. The Bertz CT molecular complexity index is 1390. The van der Waals surface area contributed by atoms with Gasteiger partial charge in [-0.3, -0.25) is 9.59 Å². The lowest BCUT2D eigenvalue weighted by atomic mass is 10.1. The summed E-state index contributed by atoms with van der Waals surface area (Å²) in [4.78, 5) is 34.9. The summed E-state index contributed by atoms with van der Waals surface area (Å²) in [5.74, 6) is 1.40. The van der Waals surface area contributed by atoms with Crippen molar-refractivity contribution in [3.05, 3.63) is 99.1 Å². The number of H-pyrrole nitrogens is 1. The second-order valence-corrected chi connectivity index (χ2v) is 7.77. The van der Waals surface area contributed by atoms with Gasteiger partial charge in [0.05, 0.1) is 28.0 Å². The first-order valence-corrected chi connectivity index (χ1v) is 10.4. The van der Waals surface area contributed by atoms with Gasteiger partial charge in [0.15, 0.2) is 11.5 Å². The van der Waals surface area contributed by atoms with E-state index < -0.39 is 0 Å². The second-order valence-electron chi connectivity index (χ2n) is 7.36.